The van der Waals surface area contributed by atoms with Crippen LogP contribution in [0.5, 0.6) is 0 Å². The molecular weight excluding hydrogens is 198 g/mol. The van der Waals surface area contributed by atoms with Crippen LogP contribution >= 0.6 is 12.4 Å². The van der Waals surface area contributed by atoms with Crippen LogP contribution < -0.4 is 5.73 Å². The number of nitrogens with two attached hydrogens (primary N) is 1. The number of aromatic nitrogens is 2. The highest BCUT2D eigenvalue weighted by atomic mass is 35.5. The maximum Gasteiger partial charge on any atom is 0.125 e. The zero-order chi connectivity index (χ0) is 9.10. The highest BCUT2D eigenvalue weighted by Crippen LogP contribution is 2.65. The van der Waals surface area contributed by atoms with E-state index < -0.39 is 0 Å². The van der Waals surface area contributed by atoms with Crippen LogP contribution in [0.25, 0.3) is 0 Å². The summed E-state index contributed by atoms with van der Waals surface area (Å²) in [6.07, 6.45) is 5.21. The van der Waals surface area contributed by atoms with Crippen LogP contribution in [0.15, 0.2) is 12.3 Å². The minimum atomic E-state index is 0. The molecule has 0 saturated heterocycles. The van der Waals surface area contributed by atoms with Gasteiger partial charge in [-0.2, -0.15) is 0 Å². The topological polar surface area (TPSA) is 51.8 Å². The summed E-state index contributed by atoms with van der Waals surface area (Å²) >= 11 is 0. The Kier molecular flexibility index (Phi) is 1.88. The largest absolute Gasteiger partial charge is 0.325 e. The Balaban J connectivity index is 0.000000750. The molecule has 76 valence electrons. The third-order valence-electron chi connectivity index (χ3n) is 3.39. The number of hydrogen-bond acceptors (Lipinski definition) is 3. The van der Waals surface area contributed by atoms with E-state index in [9.17, 15) is 0 Å². The Labute approximate surface area is 89.5 Å². The molecule has 0 atom stereocenters. The summed E-state index contributed by atoms with van der Waals surface area (Å²) in [6, 6.07) is 2.03. The van der Waals surface area contributed by atoms with E-state index in [0.29, 0.717) is 5.41 Å². The van der Waals surface area contributed by atoms with Crippen molar-refractivity contribution in [2.45, 2.75) is 37.1 Å². The summed E-state index contributed by atoms with van der Waals surface area (Å²) < 4.78 is 0. The Hall–Kier alpha value is -0.670. The lowest BCUT2D eigenvalue weighted by Crippen LogP contribution is -2.74. The molecular formula is C10H14ClN3. The van der Waals surface area contributed by atoms with E-state index in [1.54, 1.807) is 0 Å². The summed E-state index contributed by atoms with van der Waals surface area (Å²) in [5.74, 6) is 0.869. The van der Waals surface area contributed by atoms with E-state index in [0.717, 1.165) is 25.1 Å². The first-order valence-corrected chi connectivity index (χ1v) is 4.71. The Morgan fingerprint density at radius 3 is 2.50 bits per heavy atom. The van der Waals surface area contributed by atoms with E-state index in [4.69, 9.17) is 5.73 Å². The molecule has 1 aromatic heterocycles. The summed E-state index contributed by atoms with van der Waals surface area (Å²) in [5, 5.41) is 0. The lowest BCUT2D eigenvalue weighted by molar-refractivity contribution is -0.0622. The predicted octanol–water partition coefficient (Wildman–Crippen LogP) is 1.34. The minimum absolute atomic E-state index is 0. The Bertz CT molecular complexity index is 358. The van der Waals surface area contributed by atoms with Gasteiger partial charge >= 0.3 is 0 Å². The molecule has 3 aliphatic carbocycles. The first-order chi connectivity index (χ1) is 6.12. The van der Waals surface area contributed by atoms with Gasteiger partial charge in [0, 0.05) is 17.2 Å². The predicted molar refractivity (Wildman–Crippen MR) is 56.5 cm³/mol. The van der Waals surface area contributed by atoms with Gasteiger partial charge in [0.05, 0.1) is 5.69 Å². The minimum Gasteiger partial charge on any atom is -0.325 e. The third-order valence-corrected chi connectivity index (χ3v) is 3.39. The quantitative estimate of drug-likeness (QED) is 0.763. The van der Waals surface area contributed by atoms with Crippen molar-refractivity contribution in [2.75, 3.05) is 0 Å². The van der Waals surface area contributed by atoms with Gasteiger partial charge in [-0.15, -0.1) is 12.4 Å². The van der Waals surface area contributed by atoms with Crippen LogP contribution in [0, 0.1) is 6.92 Å². The second-order valence-electron chi connectivity index (χ2n) is 4.66. The zero-order valence-electron chi connectivity index (χ0n) is 8.16. The van der Waals surface area contributed by atoms with Gasteiger partial charge in [0.1, 0.15) is 5.82 Å². The maximum atomic E-state index is 6.00. The first-order valence-electron chi connectivity index (χ1n) is 4.71. The normalized spacial score (nSPS) is 37.9. The highest BCUT2D eigenvalue weighted by Gasteiger charge is 2.67. The monoisotopic (exact) mass is 211 g/mol. The third kappa shape index (κ3) is 1.09. The number of aryl methyl sites for hydroxylation is 1. The maximum absolute atomic E-state index is 6.00. The van der Waals surface area contributed by atoms with Crippen molar-refractivity contribution < 1.29 is 0 Å². The molecule has 0 aliphatic heterocycles. The number of halogens is 1. The highest BCUT2D eigenvalue weighted by molar-refractivity contribution is 5.85. The molecule has 3 aliphatic rings. The van der Waals surface area contributed by atoms with Crippen molar-refractivity contribution in [1.82, 2.24) is 9.97 Å². The fourth-order valence-corrected chi connectivity index (χ4v) is 2.89. The molecule has 0 amide bonds. The van der Waals surface area contributed by atoms with Crippen molar-refractivity contribution in [1.29, 1.82) is 0 Å². The molecule has 14 heavy (non-hydrogen) atoms. The molecule has 0 radical (unpaired) electrons. The van der Waals surface area contributed by atoms with Gasteiger partial charge in [0.15, 0.2) is 0 Å². The fourth-order valence-electron chi connectivity index (χ4n) is 2.89. The van der Waals surface area contributed by atoms with Gasteiger partial charge < -0.3 is 5.73 Å². The molecule has 2 bridgehead atoms. The molecule has 2 N–H and O–H groups in total. The van der Waals surface area contributed by atoms with Gasteiger partial charge in [-0.1, -0.05) is 0 Å². The van der Waals surface area contributed by atoms with Crippen LogP contribution in [0.1, 0.15) is 30.8 Å². The van der Waals surface area contributed by atoms with Gasteiger partial charge in [0.25, 0.3) is 0 Å². The van der Waals surface area contributed by atoms with E-state index in [1.807, 2.05) is 19.2 Å². The average molecular weight is 212 g/mol. The van der Waals surface area contributed by atoms with Gasteiger partial charge in [-0.05, 0) is 32.3 Å². The molecule has 4 heteroatoms. The van der Waals surface area contributed by atoms with Crippen LogP contribution in [0.2, 0.25) is 0 Å². The van der Waals surface area contributed by atoms with Gasteiger partial charge in [0.2, 0.25) is 0 Å². The smallest absolute Gasteiger partial charge is 0.125 e. The van der Waals surface area contributed by atoms with Crippen LogP contribution in [0.3, 0.4) is 0 Å². The number of rotatable bonds is 1. The molecule has 1 aromatic rings. The van der Waals surface area contributed by atoms with E-state index in [2.05, 4.69) is 9.97 Å². The van der Waals surface area contributed by atoms with Gasteiger partial charge in [-0.3, -0.25) is 0 Å². The Morgan fingerprint density at radius 2 is 2.00 bits per heavy atom. The van der Waals surface area contributed by atoms with Crippen molar-refractivity contribution in [3.63, 3.8) is 0 Å². The standard InChI is InChI=1S/C10H13N3.ClH/c1-7-12-3-2-8(13-7)9-4-10(11,5-9)6-9;/h2-3H,4-6,11H2,1H3;1H. The number of nitrogens with zero attached hydrogens (tertiary/aromatic N) is 2. The lowest BCUT2D eigenvalue weighted by atomic mass is 9.39. The Morgan fingerprint density at radius 1 is 1.36 bits per heavy atom. The molecule has 4 rings (SSSR count). The first kappa shape index (κ1) is 9.87. The second-order valence-corrected chi connectivity index (χ2v) is 4.66. The SMILES string of the molecule is Cc1nccc(C23CC(N)(C2)C3)n1.Cl. The summed E-state index contributed by atoms with van der Waals surface area (Å²) in [6.45, 7) is 1.94. The zero-order valence-corrected chi connectivity index (χ0v) is 8.97. The van der Waals surface area contributed by atoms with E-state index in [1.165, 1.54) is 5.69 Å². The van der Waals surface area contributed by atoms with Crippen molar-refractivity contribution >= 4 is 12.4 Å². The van der Waals surface area contributed by atoms with Crippen molar-refractivity contribution in [2.24, 2.45) is 5.73 Å². The molecule has 1 heterocycles. The molecule has 3 saturated carbocycles. The molecule has 0 aromatic carbocycles. The lowest BCUT2D eigenvalue weighted by Gasteiger charge is -2.68. The van der Waals surface area contributed by atoms with Crippen molar-refractivity contribution in [3.8, 4) is 0 Å². The molecule has 0 spiro atoms. The second kappa shape index (κ2) is 2.67. The summed E-state index contributed by atoms with van der Waals surface area (Å²) in [7, 11) is 0. The molecule has 0 unspecified atom stereocenters. The van der Waals surface area contributed by atoms with Crippen LogP contribution in [0.4, 0.5) is 0 Å². The summed E-state index contributed by atoms with van der Waals surface area (Å²) in [4.78, 5) is 8.57. The number of hydrogen-bond donors (Lipinski definition) is 1. The molecule has 3 fully saturated rings. The van der Waals surface area contributed by atoms with E-state index in [-0.39, 0.29) is 17.9 Å². The average Bonchev–Trinajstić information content (AvgIpc) is 1.97. The fraction of sp³-hybridized carbons (Fsp3) is 0.600. The van der Waals surface area contributed by atoms with Crippen LogP contribution in [-0.4, -0.2) is 15.5 Å². The van der Waals surface area contributed by atoms with E-state index >= 15 is 0 Å². The van der Waals surface area contributed by atoms with Crippen LogP contribution in [-0.2, 0) is 5.41 Å². The summed E-state index contributed by atoms with van der Waals surface area (Å²) in [5.41, 5.74) is 7.71. The van der Waals surface area contributed by atoms with Crippen molar-refractivity contribution in [3.05, 3.63) is 23.8 Å². The van der Waals surface area contributed by atoms with Gasteiger partial charge in [-0.25, -0.2) is 9.97 Å². The molecule has 3 nitrogen and oxygen atoms in total.